The molecule has 1 aromatic rings. The van der Waals surface area contributed by atoms with E-state index in [4.69, 9.17) is 4.74 Å². The smallest absolute Gasteiger partial charge is 0.410 e. The van der Waals surface area contributed by atoms with Crippen LogP contribution in [-0.2, 0) is 15.1 Å². The molecule has 2 rings (SSSR count). The minimum atomic E-state index is -0.531. The van der Waals surface area contributed by atoms with E-state index in [9.17, 15) is 9.59 Å². The summed E-state index contributed by atoms with van der Waals surface area (Å²) >= 11 is 0. The van der Waals surface area contributed by atoms with Crippen LogP contribution in [0.1, 0.15) is 67.5 Å². The Morgan fingerprint density at radius 1 is 1.20 bits per heavy atom. The molecule has 0 aliphatic carbocycles. The zero-order chi connectivity index (χ0) is 22.9. The van der Waals surface area contributed by atoms with E-state index in [0.29, 0.717) is 18.3 Å². The van der Waals surface area contributed by atoms with Gasteiger partial charge in [-0.2, -0.15) is 5.10 Å². The van der Waals surface area contributed by atoms with Gasteiger partial charge in [0, 0.05) is 24.7 Å². The molecule has 0 aromatic carbocycles. The molecule has 8 heteroatoms. The van der Waals surface area contributed by atoms with Gasteiger partial charge in [-0.25, -0.2) is 9.48 Å². The van der Waals surface area contributed by atoms with Crippen molar-refractivity contribution in [1.29, 1.82) is 0 Å². The third-order valence-electron chi connectivity index (χ3n) is 5.31. The van der Waals surface area contributed by atoms with Crippen LogP contribution >= 0.6 is 0 Å². The third-order valence-corrected chi connectivity index (χ3v) is 5.31. The van der Waals surface area contributed by atoms with Crippen molar-refractivity contribution in [2.24, 2.45) is 5.92 Å². The van der Waals surface area contributed by atoms with E-state index in [0.717, 1.165) is 12.1 Å². The van der Waals surface area contributed by atoms with Gasteiger partial charge in [-0.1, -0.05) is 6.92 Å². The number of amides is 2. The molecule has 3 atom stereocenters. The van der Waals surface area contributed by atoms with E-state index in [1.54, 1.807) is 4.90 Å². The molecule has 8 nitrogen and oxygen atoms in total. The maximum Gasteiger partial charge on any atom is 0.410 e. The van der Waals surface area contributed by atoms with E-state index in [2.05, 4.69) is 22.7 Å². The van der Waals surface area contributed by atoms with Gasteiger partial charge in [0.25, 0.3) is 0 Å². The summed E-state index contributed by atoms with van der Waals surface area (Å²) in [6.07, 6.45) is 0.557. The zero-order valence-electron chi connectivity index (χ0n) is 20.0. The molecule has 2 N–H and O–H groups in total. The lowest BCUT2D eigenvalue weighted by atomic mass is 9.87. The van der Waals surface area contributed by atoms with Gasteiger partial charge in [-0.15, -0.1) is 0 Å². The predicted molar refractivity (Wildman–Crippen MR) is 119 cm³/mol. The van der Waals surface area contributed by atoms with Gasteiger partial charge < -0.3 is 20.3 Å². The van der Waals surface area contributed by atoms with Crippen LogP contribution in [0.4, 0.5) is 10.6 Å². The number of carbonyl (C=O) groups is 2. The normalized spacial score (nSPS) is 22.7. The molecule has 0 spiro atoms. The molecule has 0 saturated carbocycles. The van der Waals surface area contributed by atoms with Crippen LogP contribution in [0.3, 0.4) is 0 Å². The van der Waals surface area contributed by atoms with Gasteiger partial charge in [0.1, 0.15) is 11.4 Å². The molecular formula is C22H39N5O3. The minimum Gasteiger partial charge on any atom is -0.444 e. The van der Waals surface area contributed by atoms with Crippen LogP contribution in [0.2, 0.25) is 0 Å². The average Bonchev–Trinajstić information content (AvgIpc) is 2.93. The summed E-state index contributed by atoms with van der Waals surface area (Å²) in [6, 6.07) is 1.81. The monoisotopic (exact) mass is 421 g/mol. The van der Waals surface area contributed by atoms with Gasteiger partial charge in [0.05, 0.1) is 17.8 Å². The zero-order valence-corrected chi connectivity index (χ0v) is 20.0. The number of rotatable bonds is 4. The number of aromatic nitrogens is 2. The van der Waals surface area contributed by atoms with Crippen LogP contribution in [-0.4, -0.2) is 57.5 Å². The van der Waals surface area contributed by atoms with E-state index < -0.39 is 5.60 Å². The number of piperidine rings is 1. The fourth-order valence-corrected chi connectivity index (χ4v) is 3.84. The molecule has 30 heavy (non-hydrogen) atoms. The van der Waals surface area contributed by atoms with Gasteiger partial charge >= 0.3 is 6.09 Å². The number of ether oxygens (including phenoxy) is 1. The van der Waals surface area contributed by atoms with Gasteiger partial charge in [-0.3, -0.25) is 4.79 Å². The number of likely N-dealkylation sites (tertiary alicyclic amines) is 1. The highest BCUT2D eigenvalue weighted by atomic mass is 16.6. The van der Waals surface area contributed by atoms with Crippen LogP contribution in [0.25, 0.3) is 0 Å². The SMILES string of the molecule is Cc1cc(NC(=O)CN[C@@H]2[C@H](C)CCN(C(=O)OC(C)(C)C)[C@H]2C)n(C(C)(C)C)n1. The fourth-order valence-electron chi connectivity index (χ4n) is 3.84. The molecule has 2 heterocycles. The van der Waals surface area contributed by atoms with Crippen molar-refractivity contribution < 1.29 is 14.3 Å². The van der Waals surface area contributed by atoms with Crippen molar-refractivity contribution in [3.63, 3.8) is 0 Å². The average molecular weight is 422 g/mol. The number of nitrogens with one attached hydrogen (secondary N) is 2. The highest BCUT2D eigenvalue weighted by Crippen LogP contribution is 2.25. The van der Waals surface area contributed by atoms with Crippen molar-refractivity contribution in [3.05, 3.63) is 11.8 Å². The molecule has 170 valence electrons. The maximum atomic E-state index is 12.6. The summed E-state index contributed by atoms with van der Waals surface area (Å²) in [5.41, 5.74) is 0.0947. The van der Waals surface area contributed by atoms with Crippen molar-refractivity contribution in [1.82, 2.24) is 20.0 Å². The Bertz CT molecular complexity index is 760. The van der Waals surface area contributed by atoms with E-state index in [1.807, 2.05) is 66.1 Å². The largest absolute Gasteiger partial charge is 0.444 e. The van der Waals surface area contributed by atoms with E-state index in [-0.39, 0.29) is 36.2 Å². The van der Waals surface area contributed by atoms with Crippen molar-refractivity contribution in [2.45, 2.75) is 92.0 Å². The molecule has 2 amide bonds. The first-order valence-corrected chi connectivity index (χ1v) is 10.8. The first-order chi connectivity index (χ1) is 13.7. The van der Waals surface area contributed by atoms with Gasteiger partial charge in [0.2, 0.25) is 5.91 Å². The minimum absolute atomic E-state index is 0.00582. The number of hydrogen-bond acceptors (Lipinski definition) is 5. The number of carbonyl (C=O) groups excluding carboxylic acids is 2. The van der Waals surface area contributed by atoms with Crippen molar-refractivity contribution >= 4 is 17.8 Å². The summed E-state index contributed by atoms with van der Waals surface area (Å²) < 4.78 is 7.38. The molecule has 1 fully saturated rings. The standard InChI is InChI=1S/C22H39N5O3/c1-14-10-11-26(20(29)30-22(7,8)9)16(3)19(14)23-13-18(28)24-17-12-15(2)25-27(17)21(4,5)6/h12,14,16,19,23H,10-11,13H2,1-9H3,(H,24,28)/t14-,16+,19-/m1/s1. The van der Waals surface area contributed by atoms with Crippen LogP contribution in [0.15, 0.2) is 6.07 Å². The molecule has 0 bridgehead atoms. The second-order valence-electron chi connectivity index (χ2n) is 10.4. The van der Waals surface area contributed by atoms with E-state index in [1.165, 1.54) is 0 Å². The van der Waals surface area contributed by atoms with Crippen molar-refractivity contribution in [2.75, 3.05) is 18.4 Å². The first-order valence-electron chi connectivity index (χ1n) is 10.8. The lowest BCUT2D eigenvalue weighted by molar-refractivity contribution is -0.115. The Hall–Kier alpha value is -2.09. The topological polar surface area (TPSA) is 88.5 Å². The van der Waals surface area contributed by atoms with Crippen LogP contribution in [0, 0.1) is 12.8 Å². The summed E-state index contributed by atoms with van der Waals surface area (Å²) in [6.45, 7) is 18.6. The number of nitrogens with zero attached hydrogens (tertiary/aromatic N) is 3. The van der Waals surface area contributed by atoms with Gasteiger partial charge in [0.15, 0.2) is 0 Å². The predicted octanol–water partition coefficient (Wildman–Crippen LogP) is 3.51. The second-order valence-corrected chi connectivity index (χ2v) is 10.4. The Morgan fingerprint density at radius 3 is 2.40 bits per heavy atom. The molecule has 0 unspecified atom stereocenters. The Kier molecular flexibility index (Phi) is 7.22. The molecule has 1 aromatic heterocycles. The summed E-state index contributed by atoms with van der Waals surface area (Å²) in [4.78, 5) is 27.0. The summed E-state index contributed by atoms with van der Waals surface area (Å²) in [7, 11) is 0. The Labute approximate surface area is 180 Å². The number of anilines is 1. The highest BCUT2D eigenvalue weighted by molar-refractivity contribution is 5.91. The Balaban J connectivity index is 2.00. The second kappa shape index (κ2) is 8.96. The Morgan fingerprint density at radius 2 is 1.83 bits per heavy atom. The first kappa shape index (κ1) is 24.2. The lowest BCUT2D eigenvalue weighted by Gasteiger charge is -2.43. The number of hydrogen-bond donors (Lipinski definition) is 2. The van der Waals surface area contributed by atoms with Crippen LogP contribution in [0.5, 0.6) is 0 Å². The summed E-state index contributed by atoms with van der Waals surface area (Å²) in [5, 5.41) is 10.8. The molecule has 1 aliphatic heterocycles. The van der Waals surface area contributed by atoms with Crippen molar-refractivity contribution in [3.8, 4) is 0 Å². The lowest BCUT2D eigenvalue weighted by Crippen LogP contribution is -2.59. The molecule has 1 aliphatic rings. The summed E-state index contributed by atoms with van der Waals surface area (Å²) in [5.74, 6) is 0.898. The highest BCUT2D eigenvalue weighted by Gasteiger charge is 2.37. The fraction of sp³-hybridized carbons (Fsp3) is 0.773. The molecular weight excluding hydrogens is 382 g/mol. The molecule has 1 saturated heterocycles. The van der Waals surface area contributed by atoms with E-state index >= 15 is 0 Å². The molecule has 0 radical (unpaired) electrons. The quantitative estimate of drug-likeness (QED) is 0.777. The maximum absolute atomic E-state index is 12.6. The van der Waals surface area contributed by atoms with Gasteiger partial charge in [-0.05, 0) is 67.7 Å². The third kappa shape index (κ3) is 6.20. The van der Waals surface area contributed by atoms with Crippen LogP contribution < -0.4 is 10.6 Å². The number of aryl methyl sites for hydroxylation is 1.